The van der Waals surface area contributed by atoms with E-state index in [-0.39, 0.29) is 25.0 Å². The zero-order valence-corrected chi connectivity index (χ0v) is 18.1. The Balaban J connectivity index is 1.79. The summed E-state index contributed by atoms with van der Waals surface area (Å²) in [6.07, 6.45) is -2.98. The van der Waals surface area contributed by atoms with Crippen LogP contribution in [0.5, 0.6) is 5.88 Å². The number of aryl methyl sites for hydroxylation is 2. The van der Waals surface area contributed by atoms with Gasteiger partial charge in [0.2, 0.25) is 5.88 Å². The van der Waals surface area contributed by atoms with Crippen LogP contribution in [0.15, 0.2) is 30.5 Å². The standard InChI is InChI=1S/C22H22F3N5O2/c1-5-32-20-17(22(23,24)25)6-7-18(28-20)29-11-14(4)30-19(21(29)31)16(10-26-30)15-8-12(2)27-13(3)9-15/h6-10,14H,5,11H2,1-4H3/t14-/m0/s1. The van der Waals surface area contributed by atoms with Gasteiger partial charge in [0.15, 0.2) is 0 Å². The van der Waals surface area contributed by atoms with Crippen LogP contribution in [0.25, 0.3) is 11.1 Å². The van der Waals surface area contributed by atoms with E-state index in [1.165, 1.54) is 11.0 Å². The van der Waals surface area contributed by atoms with E-state index in [0.29, 0.717) is 11.3 Å². The molecule has 0 N–H and O–H groups in total. The van der Waals surface area contributed by atoms with Crippen molar-refractivity contribution in [1.82, 2.24) is 19.7 Å². The Hall–Kier alpha value is -3.43. The predicted molar refractivity (Wildman–Crippen MR) is 112 cm³/mol. The highest BCUT2D eigenvalue weighted by Gasteiger charge is 2.38. The molecule has 4 rings (SSSR count). The highest BCUT2D eigenvalue weighted by atomic mass is 19.4. The van der Waals surface area contributed by atoms with E-state index in [0.717, 1.165) is 23.0 Å². The maximum Gasteiger partial charge on any atom is 0.421 e. The minimum absolute atomic E-state index is 0.0154. The summed E-state index contributed by atoms with van der Waals surface area (Å²) in [6.45, 7) is 7.42. The van der Waals surface area contributed by atoms with Crippen molar-refractivity contribution in [2.24, 2.45) is 0 Å². The van der Waals surface area contributed by atoms with Crippen molar-refractivity contribution in [3.05, 3.63) is 53.1 Å². The summed E-state index contributed by atoms with van der Waals surface area (Å²) >= 11 is 0. The normalized spacial score (nSPS) is 16.3. The number of hydrogen-bond acceptors (Lipinski definition) is 5. The van der Waals surface area contributed by atoms with Gasteiger partial charge < -0.3 is 4.74 Å². The van der Waals surface area contributed by atoms with E-state index >= 15 is 0 Å². The zero-order chi connectivity index (χ0) is 23.2. The number of aromatic nitrogens is 4. The first-order chi connectivity index (χ1) is 15.1. The molecule has 0 fully saturated rings. The number of fused-ring (bicyclic) bond motifs is 1. The number of alkyl halides is 3. The molecule has 1 amide bonds. The molecule has 0 spiro atoms. The van der Waals surface area contributed by atoms with Crippen LogP contribution in [0.3, 0.4) is 0 Å². The first-order valence-electron chi connectivity index (χ1n) is 10.2. The van der Waals surface area contributed by atoms with Crippen molar-refractivity contribution in [2.45, 2.75) is 39.9 Å². The van der Waals surface area contributed by atoms with Crippen LogP contribution in [0.4, 0.5) is 19.0 Å². The predicted octanol–water partition coefficient (Wildman–Crippen LogP) is 4.60. The monoisotopic (exact) mass is 445 g/mol. The highest BCUT2D eigenvalue weighted by molar-refractivity contribution is 6.09. The summed E-state index contributed by atoms with van der Waals surface area (Å²) in [5, 5.41) is 4.40. The summed E-state index contributed by atoms with van der Waals surface area (Å²) < 4.78 is 46.8. The number of carbonyl (C=O) groups is 1. The second-order valence-corrected chi connectivity index (χ2v) is 7.71. The van der Waals surface area contributed by atoms with Crippen molar-refractivity contribution >= 4 is 11.7 Å². The number of ether oxygens (including phenoxy) is 1. The fourth-order valence-electron chi connectivity index (χ4n) is 3.90. The first kappa shape index (κ1) is 21.8. The molecule has 4 heterocycles. The van der Waals surface area contributed by atoms with E-state index in [9.17, 15) is 18.0 Å². The lowest BCUT2D eigenvalue weighted by atomic mass is 10.0. The van der Waals surface area contributed by atoms with Gasteiger partial charge in [-0.25, -0.2) is 0 Å². The molecule has 0 saturated carbocycles. The van der Waals surface area contributed by atoms with Crippen molar-refractivity contribution in [1.29, 1.82) is 0 Å². The summed E-state index contributed by atoms with van der Waals surface area (Å²) in [5.41, 5.74) is 2.42. The zero-order valence-electron chi connectivity index (χ0n) is 18.1. The lowest BCUT2D eigenvalue weighted by Crippen LogP contribution is -2.43. The van der Waals surface area contributed by atoms with Crippen LogP contribution in [0, 0.1) is 13.8 Å². The van der Waals surface area contributed by atoms with Gasteiger partial charge >= 0.3 is 6.18 Å². The van der Waals surface area contributed by atoms with Crippen LogP contribution in [-0.4, -0.2) is 38.8 Å². The topological polar surface area (TPSA) is 73.1 Å². The molecule has 0 aliphatic carbocycles. The summed E-state index contributed by atoms with van der Waals surface area (Å²) in [5.74, 6) is -0.839. The van der Waals surface area contributed by atoms with Crippen LogP contribution in [-0.2, 0) is 6.18 Å². The number of anilines is 1. The summed E-state index contributed by atoms with van der Waals surface area (Å²) in [7, 11) is 0. The molecule has 32 heavy (non-hydrogen) atoms. The summed E-state index contributed by atoms with van der Waals surface area (Å²) in [6, 6.07) is 5.62. The average molecular weight is 445 g/mol. The number of hydrogen-bond donors (Lipinski definition) is 0. The number of rotatable bonds is 4. The van der Waals surface area contributed by atoms with E-state index in [1.54, 1.807) is 17.8 Å². The molecule has 3 aromatic heterocycles. The van der Waals surface area contributed by atoms with Gasteiger partial charge in [-0.3, -0.25) is 19.4 Å². The van der Waals surface area contributed by atoms with Gasteiger partial charge in [-0.2, -0.15) is 23.3 Å². The van der Waals surface area contributed by atoms with Gasteiger partial charge in [0.1, 0.15) is 17.1 Å². The molecule has 168 valence electrons. The Kier molecular flexibility index (Phi) is 5.39. The Morgan fingerprint density at radius 3 is 2.47 bits per heavy atom. The molecule has 10 heteroatoms. The lowest BCUT2D eigenvalue weighted by Gasteiger charge is -2.32. The fourth-order valence-corrected chi connectivity index (χ4v) is 3.90. The number of halogens is 3. The second kappa shape index (κ2) is 7.92. The second-order valence-electron chi connectivity index (χ2n) is 7.71. The van der Waals surface area contributed by atoms with E-state index < -0.39 is 23.5 Å². The van der Waals surface area contributed by atoms with Crippen LogP contribution >= 0.6 is 0 Å². The lowest BCUT2D eigenvalue weighted by molar-refractivity contribution is -0.139. The number of amides is 1. The minimum Gasteiger partial charge on any atom is -0.477 e. The number of nitrogens with zero attached hydrogens (tertiary/aromatic N) is 5. The van der Waals surface area contributed by atoms with Crippen molar-refractivity contribution < 1.29 is 22.7 Å². The SMILES string of the molecule is CCOc1nc(N2C[C@H](C)n3ncc(-c4cc(C)nc(C)c4)c3C2=O)ccc1C(F)(F)F. The molecule has 0 aromatic carbocycles. The molecule has 3 aromatic rings. The van der Waals surface area contributed by atoms with Gasteiger partial charge in [-0.15, -0.1) is 0 Å². The van der Waals surface area contributed by atoms with Crippen LogP contribution in [0.1, 0.15) is 47.3 Å². The van der Waals surface area contributed by atoms with Crippen LogP contribution < -0.4 is 9.64 Å². The van der Waals surface area contributed by atoms with Gasteiger partial charge in [0.05, 0.1) is 18.8 Å². The Labute approximate surface area is 182 Å². The largest absolute Gasteiger partial charge is 0.477 e. The van der Waals surface area contributed by atoms with Gasteiger partial charge in [-0.1, -0.05) is 0 Å². The Morgan fingerprint density at radius 1 is 1.16 bits per heavy atom. The molecular formula is C22H22F3N5O2. The smallest absolute Gasteiger partial charge is 0.421 e. The molecule has 1 aliphatic rings. The summed E-state index contributed by atoms with van der Waals surface area (Å²) in [4.78, 5) is 23.3. The third kappa shape index (κ3) is 3.80. The first-order valence-corrected chi connectivity index (χ1v) is 10.2. The van der Waals surface area contributed by atoms with Gasteiger partial charge in [0, 0.05) is 23.5 Å². The molecule has 1 atom stereocenters. The van der Waals surface area contributed by atoms with Crippen molar-refractivity contribution in [3.8, 4) is 17.0 Å². The third-order valence-electron chi connectivity index (χ3n) is 5.21. The van der Waals surface area contributed by atoms with Crippen molar-refractivity contribution in [3.63, 3.8) is 0 Å². The maximum atomic E-state index is 13.5. The molecule has 1 aliphatic heterocycles. The van der Waals surface area contributed by atoms with E-state index in [4.69, 9.17) is 4.74 Å². The molecule has 0 unspecified atom stereocenters. The molecular weight excluding hydrogens is 423 g/mol. The molecule has 0 saturated heterocycles. The highest BCUT2D eigenvalue weighted by Crippen LogP contribution is 2.38. The van der Waals surface area contributed by atoms with Crippen molar-refractivity contribution in [2.75, 3.05) is 18.1 Å². The van der Waals surface area contributed by atoms with E-state index in [2.05, 4.69) is 15.1 Å². The Morgan fingerprint density at radius 2 is 1.84 bits per heavy atom. The van der Waals surface area contributed by atoms with Crippen LogP contribution in [0.2, 0.25) is 0 Å². The van der Waals surface area contributed by atoms with Gasteiger partial charge in [0.25, 0.3) is 5.91 Å². The van der Waals surface area contributed by atoms with E-state index in [1.807, 2.05) is 32.9 Å². The molecule has 7 nitrogen and oxygen atoms in total. The fraction of sp³-hybridized carbons (Fsp3) is 0.364. The minimum atomic E-state index is -4.61. The molecule has 0 radical (unpaired) electrons. The number of carbonyl (C=O) groups excluding carboxylic acids is 1. The third-order valence-corrected chi connectivity index (χ3v) is 5.21. The molecule has 0 bridgehead atoms. The quantitative estimate of drug-likeness (QED) is 0.587. The maximum absolute atomic E-state index is 13.5. The van der Waals surface area contributed by atoms with Gasteiger partial charge in [-0.05, 0) is 57.5 Å². The average Bonchev–Trinajstić information content (AvgIpc) is 3.15. The Bertz CT molecular complexity index is 1170. The number of pyridine rings is 2.